The summed E-state index contributed by atoms with van der Waals surface area (Å²) in [5, 5.41) is 16.3. The van der Waals surface area contributed by atoms with Crippen LogP contribution in [0.1, 0.15) is 32.1 Å². The molecular weight excluding hydrogens is 299 g/mol. The number of carboxylic acid groups (broad SMARTS) is 2. The molecule has 0 aromatic heterocycles. The van der Waals surface area contributed by atoms with Crippen molar-refractivity contribution in [1.82, 2.24) is 0 Å². The summed E-state index contributed by atoms with van der Waals surface area (Å²) in [5.74, 6) is -3.45. The van der Waals surface area contributed by atoms with E-state index < -0.39 is 23.5 Å². The van der Waals surface area contributed by atoms with E-state index in [1.165, 1.54) is 0 Å². The molecule has 2 atom stereocenters. The van der Waals surface area contributed by atoms with E-state index in [2.05, 4.69) is 12.6 Å². The average molecular weight is 317 g/mol. The van der Waals surface area contributed by atoms with Crippen LogP contribution in [0.25, 0.3) is 0 Å². The molecule has 1 rings (SSSR count). The third-order valence-electron chi connectivity index (χ3n) is 3.23. The summed E-state index contributed by atoms with van der Waals surface area (Å²) in [6.45, 7) is 0.565. The molecular formula is C11H18F3NO4S. The highest BCUT2D eigenvalue weighted by atomic mass is 32.1. The van der Waals surface area contributed by atoms with Gasteiger partial charge in [0, 0.05) is 5.25 Å². The van der Waals surface area contributed by atoms with Gasteiger partial charge in [0.05, 0.1) is 5.41 Å². The van der Waals surface area contributed by atoms with Crippen LogP contribution in [-0.2, 0) is 9.59 Å². The largest absolute Gasteiger partial charge is 0.490 e. The van der Waals surface area contributed by atoms with Crippen molar-refractivity contribution in [3.63, 3.8) is 0 Å². The van der Waals surface area contributed by atoms with E-state index in [4.69, 9.17) is 15.6 Å². The molecule has 0 spiro atoms. The fraction of sp³-hybridized carbons (Fsp3) is 0.818. The van der Waals surface area contributed by atoms with E-state index in [-0.39, 0.29) is 5.25 Å². The Hall–Kier alpha value is -0.960. The van der Waals surface area contributed by atoms with Crippen molar-refractivity contribution >= 4 is 24.6 Å². The quantitative estimate of drug-likeness (QED) is 0.594. The molecule has 1 saturated carbocycles. The van der Waals surface area contributed by atoms with Gasteiger partial charge in [-0.2, -0.15) is 25.8 Å². The molecule has 1 aliphatic carbocycles. The van der Waals surface area contributed by atoms with Crippen LogP contribution in [0.3, 0.4) is 0 Å². The van der Waals surface area contributed by atoms with Crippen molar-refractivity contribution in [1.29, 1.82) is 0 Å². The molecule has 20 heavy (non-hydrogen) atoms. The van der Waals surface area contributed by atoms with E-state index in [0.29, 0.717) is 13.0 Å². The number of halogens is 3. The molecule has 0 aliphatic heterocycles. The summed E-state index contributed by atoms with van der Waals surface area (Å²) in [5.41, 5.74) is 4.80. The van der Waals surface area contributed by atoms with Crippen LogP contribution in [0.15, 0.2) is 0 Å². The molecule has 0 aromatic carbocycles. The van der Waals surface area contributed by atoms with Crippen molar-refractivity contribution in [3.05, 3.63) is 0 Å². The minimum atomic E-state index is -5.08. The first-order chi connectivity index (χ1) is 9.08. The standard InChI is InChI=1S/C9H17NO2S.C2HF3O2/c10-6-2-5-9(8(11)12)4-1-3-7(9)13;3-2(4,5)1(6)7/h7,13H,1-6,10H2,(H,11,12);(H,6,7)/t7-,9-;/m1./s1. The molecule has 5 nitrogen and oxygen atoms in total. The van der Waals surface area contributed by atoms with Gasteiger partial charge in [0.1, 0.15) is 0 Å². The second-order valence-electron chi connectivity index (χ2n) is 4.56. The predicted molar refractivity (Wildman–Crippen MR) is 68.7 cm³/mol. The Labute approximate surface area is 119 Å². The fourth-order valence-electron chi connectivity index (χ4n) is 2.12. The van der Waals surface area contributed by atoms with Crippen LogP contribution in [0.2, 0.25) is 0 Å². The van der Waals surface area contributed by atoms with Gasteiger partial charge >= 0.3 is 18.1 Å². The van der Waals surface area contributed by atoms with Crippen molar-refractivity contribution in [2.75, 3.05) is 6.54 Å². The minimum Gasteiger partial charge on any atom is -0.481 e. The maximum absolute atomic E-state index is 11.2. The van der Waals surface area contributed by atoms with Gasteiger partial charge in [-0.1, -0.05) is 6.42 Å². The number of thiol groups is 1. The van der Waals surface area contributed by atoms with Gasteiger partial charge in [-0.3, -0.25) is 4.79 Å². The second kappa shape index (κ2) is 7.72. The van der Waals surface area contributed by atoms with Crippen LogP contribution in [0.5, 0.6) is 0 Å². The molecule has 1 aliphatic rings. The molecule has 0 radical (unpaired) electrons. The molecule has 0 heterocycles. The number of aliphatic carboxylic acids is 2. The predicted octanol–water partition coefficient (Wildman–Crippen LogP) is 1.91. The lowest BCUT2D eigenvalue weighted by Crippen LogP contribution is -2.36. The lowest BCUT2D eigenvalue weighted by Gasteiger charge is -2.28. The number of alkyl halides is 3. The maximum Gasteiger partial charge on any atom is 0.490 e. The zero-order valence-corrected chi connectivity index (χ0v) is 11.6. The second-order valence-corrected chi connectivity index (χ2v) is 5.19. The fourth-order valence-corrected chi connectivity index (χ4v) is 2.67. The molecule has 0 unspecified atom stereocenters. The van der Waals surface area contributed by atoms with E-state index in [1.807, 2.05) is 0 Å². The first-order valence-electron chi connectivity index (χ1n) is 5.99. The Morgan fingerprint density at radius 1 is 1.35 bits per heavy atom. The summed E-state index contributed by atoms with van der Waals surface area (Å²) in [7, 11) is 0. The van der Waals surface area contributed by atoms with Gasteiger partial charge < -0.3 is 15.9 Å². The van der Waals surface area contributed by atoms with Crippen LogP contribution in [-0.4, -0.2) is 40.1 Å². The smallest absolute Gasteiger partial charge is 0.481 e. The van der Waals surface area contributed by atoms with Crippen molar-refractivity contribution in [2.45, 2.75) is 43.5 Å². The van der Waals surface area contributed by atoms with E-state index in [0.717, 1.165) is 25.7 Å². The Bertz CT molecular complexity index is 351. The monoisotopic (exact) mass is 317 g/mol. The highest BCUT2D eigenvalue weighted by molar-refractivity contribution is 7.81. The number of carbonyl (C=O) groups is 2. The number of hydrogen-bond donors (Lipinski definition) is 4. The van der Waals surface area contributed by atoms with E-state index >= 15 is 0 Å². The Balaban J connectivity index is 0.000000441. The highest BCUT2D eigenvalue weighted by Gasteiger charge is 2.46. The topological polar surface area (TPSA) is 101 Å². The number of nitrogens with two attached hydrogens (primary N) is 1. The van der Waals surface area contributed by atoms with Gasteiger partial charge in [-0.05, 0) is 32.2 Å². The van der Waals surface area contributed by atoms with E-state index in [9.17, 15) is 23.1 Å². The Kier molecular flexibility index (Phi) is 7.35. The van der Waals surface area contributed by atoms with Crippen LogP contribution >= 0.6 is 12.6 Å². The minimum absolute atomic E-state index is 0.0107. The number of hydrogen-bond acceptors (Lipinski definition) is 4. The van der Waals surface area contributed by atoms with Gasteiger partial charge in [0.2, 0.25) is 0 Å². The molecule has 0 amide bonds. The first kappa shape index (κ1) is 19.0. The lowest BCUT2D eigenvalue weighted by atomic mass is 9.81. The van der Waals surface area contributed by atoms with Crippen LogP contribution < -0.4 is 5.73 Å². The molecule has 0 saturated heterocycles. The summed E-state index contributed by atoms with van der Waals surface area (Å²) >= 11 is 4.36. The Morgan fingerprint density at radius 3 is 2.10 bits per heavy atom. The summed E-state index contributed by atoms with van der Waals surface area (Å²) in [4.78, 5) is 20.0. The van der Waals surface area contributed by atoms with Gasteiger partial charge in [-0.25, -0.2) is 4.79 Å². The summed E-state index contributed by atoms with van der Waals surface area (Å²) in [6, 6.07) is 0. The molecule has 118 valence electrons. The number of carboxylic acids is 2. The van der Waals surface area contributed by atoms with E-state index in [1.54, 1.807) is 0 Å². The van der Waals surface area contributed by atoms with Crippen LogP contribution in [0, 0.1) is 5.41 Å². The molecule has 0 bridgehead atoms. The zero-order valence-electron chi connectivity index (χ0n) is 10.7. The third-order valence-corrected chi connectivity index (χ3v) is 3.99. The zero-order chi connectivity index (χ0) is 16.0. The maximum atomic E-state index is 11.2. The number of rotatable bonds is 4. The Morgan fingerprint density at radius 2 is 1.85 bits per heavy atom. The first-order valence-corrected chi connectivity index (χ1v) is 6.51. The van der Waals surface area contributed by atoms with Gasteiger partial charge in [-0.15, -0.1) is 0 Å². The third kappa shape index (κ3) is 5.20. The molecule has 0 aromatic rings. The van der Waals surface area contributed by atoms with Crippen molar-refractivity contribution in [2.24, 2.45) is 11.1 Å². The lowest BCUT2D eigenvalue weighted by molar-refractivity contribution is -0.192. The SMILES string of the molecule is NCCC[C@]1(C(=O)O)CCC[C@H]1S.O=C(O)C(F)(F)F. The van der Waals surface area contributed by atoms with Crippen LogP contribution in [0.4, 0.5) is 13.2 Å². The van der Waals surface area contributed by atoms with Gasteiger partial charge in [0.15, 0.2) is 0 Å². The summed E-state index contributed by atoms with van der Waals surface area (Å²) < 4.78 is 31.7. The van der Waals surface area contributed by atoms with Crippen molar-refractivity contribution in [3.8, 4) is 0 Å². The highest BCUT2D eigenvalue weighted by Crippen LogP contribution is 2.45. The average Bonchev–Trinajstić information content (AvgIpc) is 2.68. The summed E-state index contributed by atoms with van der Waals surface area (Å²) in [6.07, 6.45) is -0.974. The normalized spacial score (nSPS) is 25.8. The molecule has 9 heteroatoms. The van der Waals surface area contributed by atoms with Gasteiger partial charge in [0.25, 0.3) is 0 Å². The molecule has 4 N–H and O–H groups in total. The van der Waals surface area contributed by atoms with Crippen molar-refractivity contribution < 1.29 is 33.0 Å². The molecule has 1 fully saturated rings.